The van der Waals surface area contributed by atoms with Gasteiger partial charge < -0.3 is 5.32 Å². The monoisotopic (exact) mass is 357 g/mol. The Hall–Kier alpha value is -0.290. The summed E-state index contributed by atoms with van der Waals surface area (Å²) < 4.78 is 1.08. The number of rotatable bonds is 7. The smallest absolute Gasteiger partial charge is 0.144 e. The fourth-order valence-corrected chi connectivity index (χ4v) is 4.03. The molecule has 0 unspecified atom stereocenters. The van der Waals surface area contributed by atoms with Crippen LogP contribution in [0.15, 0.2) is 4.47 Å². The number of thioether (sulfide) groups is 1. The van der Waals surface area contributed by atoms with Crippen molar-refractivity contribution in [1.82, 2.24) is 9.97 Å². The van der Waals surface area contributed by atoms with E-state index >= 15 is 0 Å². The molecule has 1 N–H and O–H groups in total. The lowest BCUT2D eigenvalue weighted by Gasteiger charge is -2.16. The molecule has 112 valence electrons. The van der Waals surface area contributed by atoms with Crippen LogP contribution in [0.2, 0.25) is 0 Å². The summed E-state index contributed by atoms with van der Waals surface area (Å²) in [5, 5.41) is 3.36. The Balaban J connectivity index is 2.23. The van der Waals surface area contributed by atoms with E-state index in [0.717, 1.165) is 28.4 Å². The van der Waals surface area contributed by atoms with Gasteiger partial charge in [0.2, 0.25) is 0 Å². The van der Waals surface area contributed by atoms with Crippen LogP contribution >= 0.6 is 27.7 Å². The van der Waals surface area contributed by atoms with Gasteiger partial charge >= 0.3 is 0 Å². The standard InChI is InChI=1S/C15H24BrN3S/c1-3-9-20-10-12-18-14(11-7-5-6-8-11)13(16)15(19-12)17-4-2/h11H,3-10H2,1-2H3,(H,17,18,19). The molecule has 1 aromatic heterocycles. The highest BCUT2D eigenvalue weighted by Gasteiger charge is 2.23. The first-order chi connectivity index (χ1) is 9.76. The van der Waals surface area contributed by atoms with Crippen molar-refractivity contribution in [2.45, 2.75) is 57.6 Å². The first-order valence-electron chi connectivity index (χ1n) is 7.64. The summed E-state index contributed by atoms with van der Waals surface area (Å²) in [6.45, 7) is 5.21. The van der Waals surface area contributed by atoms with E-state index < -0.39 is 0 Å². The van der Waals surface area contributed by atoms with E-state index in [9.17, 15) is 0 Å². The van der Waals surface area contributed by atoms with Gasteiger partial charge in [-0.05, 0) is 47.9 Å². The predicted molar refractivity (Wildman–Crippen MR) is 91.6 cm³/mol. The molecule has 1 aliphatic carbocycles. The zero-order valence-corrected chi connectivity index (χ0v) is 14.8. The SMILES string of the molecule is CCCSCc1nc(NCC)c(Br)c(C2CCCC2)n1. The number of hydrogen-bond donors (Lipinski definition) is 1. The van der Waals surface area contributed by atoms with E-state index in [0.29, 0.717) is 5.92 Å². The normalized spacial score (nSPS) is 15.8. The van der Waals surface area contributed by atoms with Gasteiger partial charge in [0.25, 0.3) is 0 Å². The van der Waals surface area contributed by atoms with Crippen molar-refractivity contribution in [3.63, 3.8) is 0 Å². The van der Waals surface area contributed by atoms with Crippen molar-refractivity contribution < 1.29 is 0 Å². The molecule has 1 saturated carbocycles. The third-order valence-corrected chi connectivity index (χ3v) is 5.53. The Kier molecular flexibility index (Phi) is 6.62. The van der Waals surface area contributed by atoms with Crippen LogP contribution in [0, 0.1) is 0 Å². The first kappa shape index (κ1) is 16.1. The molecule has 2 rings (SSSR count). The highest BCUT2D eigenvalue weighted by Crippen LogP contribution is 2.38. The minimum absolute atomic E-state index is 0.611. The topological polar surface area (TPSA) is 37.8 Å². The van der Waals surface area contributed by atoms with Crippen LogP contribution in [-0.4, -0.2) is 22.3 Å². The van der Waals surface area contributed by atoms with Crippen LogP contribution in [0.5, 0.6) is 0 Å². The fraction of sp³-hybridized carbons (Fsp3) is 0.733. The molecule has 0 bridgehead atoms. The summed E-state index contributed by atoms with van der Waals surface area (Å²) in [7, 11) is 0. The maximum absolute atomic E-state index is 4.85. The van der Waals surface area contributed by atoms with Gasteiger partial charge in [-0.15, -0.1) is 0 Å². The van der Waals surface area contributed by atoms with Gasteiger partial charge in [-0.3, -0.25) is 0 Å². The molecule has 3 nitrogen and oxygen atoms in total. The Morgan fingerprint density at radius 3 is 2.65 bits per heavy atom. The van der Waals surface area contributed by atoms with E-state index in [1.165, 1.54) is 43.6 Å². The van der Waals surface area contributed by atoms with Gasteiger partial charge in [0.05, 0.1) is 15.9 Å². The Morgan fingerprint density at radius 2 is 2.00 bits per heavy atom. The minimum Gasteiger partial charge on any atom is -0.369 e. The molecule has 5 heteroatoms. The van der Waals surface area contributed by atoms with Crippen molar-refractivity contribution in [2.75, 3.05) is 17.6 Å². The summed E-state index contributed by atoms with van der Waals surface area (Å²) in [6, 6.07) is 0. The van der Waals surface area contributed by atoms with Gasteiger partial charge in [0.1, 0.15) is 11.6 Å². The maximum atomic E-state index is 4.85. The van der Waals surface area contributed by atoms with E-state index in [4.69, 9.17) is 4.98 Å². The van der Waals surface area contributed by atoms with Gasteiger partial charge in [-0.2, -0.15) is 11.8 Å². The van der Waals surface area contributed by atoms with Gasteiger partial charge in [0, 0.05) is 12.5 Å². The van der Waals surface area contributed by atoms with E-state index in [-0.39, 0.29) is 0 Å². The van der Waals surface area contributed by atoms with Crippen LogP contribution in [0.25, 0.3) is 0 Å². The molecule has 1 aromatic rings. The van der Waals surface area contributed by atoms with Crippen LogP contribution in [0.3, 0.4) is 0 Å². The van der Waals surface area contributed by atoms with Crippen LogP contribution in [-0.2, 0) is 5.75 Å². The lowest BCUT2D eigenvalue weighted by molar-refractivity contribution is 0.684. The molecule has 0 aromatic carbocycles. The van der Waals surface area contributed by atoms with Gasteiger partial charge in [-0.1, -0.05) is 19.8 Å². The molecule has 0 radical (unpaired) electrons. The predicted octanol–water partition coefficient (Wildman–Crippen LogP) is 4.97. The second kappa shape index (κ2) is 8.23. The zero-order chi connectivity index (χ0) is 14.4. The molecule has 0 atom stereocenters. The van der Waals surface area contributed by atoms with E-state index in [1.807, 2.05) is 11.8 Å². The molecule has 0 saturated heterocycles. The largest absolute Gasteiger partial charge is 0.369 e. The second-order valence-corrected chi connectivity index (χ2v) is 7.15. The molecule has 1 aliphatic rings. The van der Waals surface area contributed by atoms with Crippen molar-refractivity contribution in [3.8, 4) is 0 Å². The molecule has 0 aliphatic heterocycles. The molecule has 1 fully saturated rings. The molecule has 1 heterocycles. The Bertz CT molecular complexity index is 433. The lowest BCUT2D eigenvalue weighted by atomic mass is 10.0. The van der Waals surface area contributed by atoms with Gasteiger partial charge in [0.15, 0.2) is 0 Å². The number of nitrogens with zero attached hydrogens (tertiary/aromatic N) is 2. The van der Waals surface area contributed by atoms with Crippen molar-refractivity contribution in [1.29, 1.82) is 0 Å². The Labute approximate surface area is 134 Å². The van der Waals surface area contributed by atoms with E-state index in [1.54, 1.807) is 0 Å². The highest BCUT2D eigenvalue weighted by atomic mass is 79.9. The van der Waals surface area contributed by atoms with Crippen molar-refractivity contribution in [3.05, 3.63) is 16.0 Å². The lowest BCUT2D eigenvalue weighted by Crippen LogP contribution is -2.09. The first-order valence-corrected chi connectivity index (χ1v) is 9.58. The van der Waals surface area contributed by atoms with Crippen LogP contribution < -0.4 is 5.32 Å². The Morgan fingerprint density at radius 1 is 1.25 bits per heavy atom. The second-order valence-electron chi connectivity index (χ2n) is 5.25. The average molecular weight is 358 g/mol. The summed E-state index contributed by atoms with van der Waals surface area (Å²) in [5.74, 6) is 4.65. The minimum atomic E-state index is 0.611. The van der Waals surface area contributed by atoms with Crippen molar-refractivity contribution in [2.24, 2.45) is 0 Å². The summed E-state index contributed by atoms with van der Waals surface area (Å²) in [5.41, 5.74) is 1.22. The number of anilines is 1. The zero-order valence-electron chi connectivity index (χ0n) is 12.4. The maximum Gasteiger partial charge on any atom is 0.144 e. The third kappa shape index (κ3) is 4.10. The fourth-order valence-electron chi connectivity index (χ4n) is 2.64. The number of nitrogens with one attached hydrogen (secondary N) is 1. The number of aromatic nitrogens is 2. The molecule has 0 spiro atoms. The summed E-state index contributed by atoms with van der Waals surface area (Å²) in [6.07, 6.45) is 6.40. The van der Waals surface area contributed by atoms with Crippen LogP contribution in [0.1, 0.15) is 63.4 Å². The van der Waals surface area contributed by atoms with Crippen molar-refractivity contribution >= 4 is 33.5 Å². The van der Waals surface area contributed by atoms with Gasteiger partial charge in [-0.25, -0.2) is 9.97 Å². The quantitative estimate of drug-likeness (QED) is 0.698. The summed E-state index contributed by atoms with van der Waals surface area (Å²) in [4.78, 5) is 9.53. The number of hydrogen-bond acceptors (Lipinski definition) is 4. The molecular formula is C15H24BrN3S. The molecule has 0 amide bonds. The molecular weight excluding hydrogens is 334 g/mol. The summed E-state index contributed by atoms with van der Waals surface area (Å²) >= 11 is 5.64. The average Bonchev–Trinajstić information content (AvgIpc) is 2.96. The highest BCUT2D eigenvalue weighted by molar-refractivity contribution is 9.10. The van der Waals surface area contributed by atoms with E-state index in [2.05, 4.69) is 40.1 Å². The molecule has 20 heavy (non-hydrogen) atoms. The number of halogens is 1. The van der Waals surface area contributed by atoms with Crippen LogP contribution in [0.4, 0.5) is 5.82 Å². The third-order valence-electron chi connectivity index (χ3n) is 3.59.